The highest BCUT2D eigenvalue weighted by molar-refractivity contribution is 5.76. The number of nitrogens with one attached hydrogen (secondary N) is 1. The molecule has 0 bridgehead atoms. The van der Waals surface area contributed by atoms with E-state index in [0.717, 1.165) is 75.9 Å². The third kappa shape index (κ3) is 13.8. The van der Waals surface area contributed by atoms with E-state index in [1.807, 2.05) is 19.9 Å². The number of halogens is 6. The molecule has 256 valence electrons. The van der Waals surface area contributed by atoms with Gasteiger partial charge in [0.2, 0.25) is 11.9 Å². The van der Waals surface area contributed by atoms with Crippen LogP contribution in [0.2, 0.25) is 0 Å². The molecule has 3 saturated heterocycles. The number of carbonyl (C=O) groups excluding carboxylic acids is 1. The summed E-state index contributed by atoms with van der Waals surface area (Å²) in [6.07, 6.45) is -1.06. The molecule has 0 radical (unpaired) electrons. The number of aromatic nitrogens is 2. The molecule has 1 aromatic heterocycles. The van der Waals surface area contributed by atoms with Gasteiger partial charge < -0.3 is 30.1 Å². The highest BCUT2D eigenvalue weighted by Gasteiger charge is 2.40. The van der Waals surface area contributed by atoms with Crippen LogP contribution in [0.4, 0.5) is 32.3 Å². The van der Waals surface area contributed by atoms with Crippen LogP contribution in [0, 0.1) is 19.3 Å². The monoisotopic (exact) mass is 657 g/mol. The average molecular weight is 658 g/mol. The molecule has 45 heavy (non-hydrogen) atoms. The highest BCUT2D eigenvalue weighted by atomic mass is 19.4. The maximum absolute atomic E-state index is 12.2. The molecule has 17 heteroatoms. The second kappa shape index (κ2) is 16.9. The van der Waals surface area contributed by atoms with Gasteiger partial charge in [-0.1, -0.05) is 6.42 Å². The first kappa shape index (κ1) is 38.0. The number of piperidine rings is 2. The fourth-order valence-corrected chi connectivity index (χ4v) is 5.26. The molecular formula is C28H41F6N5O6. The summed E-state index contributed by atoms with van der Waals surface area (Å²) in [6, 6.07) is 2.02. The summed E-state index contributed by atoms with van der Waals surface area (Å²) in [5.74, 6) is -4.48. The summed E-state index contributed by atoms with van der Waals surface area (Å²) in [5, 5.41) is 17.4. The summed E-state index contributed by atoms with van der Waals surface area (Å²) < 4.78 is 69.7. The minimum atomic E-state index is -5.08. The van der Waals surface area contributed by atoms with E-state index in [2.05, 4.69) is 25.1 Å². The maximum Gasteiger partial charge on any atom is 0.490 e. The Labute approximate surface area is 257 Å². The van der Waals surface area contributed by atoms with Crippen molar-refractivity contribution in [3.05, 3.63) is 17.5 Å². The molecule has 3 aliphatic heterocycles. The molecule has 4 rings (SSSR count). The fraction of sp³-hybridized carbons (Fsp3) is 0.750. The highest BCUT2D eigenvalue weighted by Crippen LogP contribution is 2.41. The number of carboxylic acids is 2. The van der Waals surface area contributed by atoms with Crippen LogP contribution in [0.15, 0.2) is 6.07 Å². The van der Waals surface area contributed by atoms with Crippen molar-refractivity contribution >= 4 is 23.8 Å². The lowest BCUT2D eigenvalue weighted by Crippen LogP contribution is -2.48. The van der Waals surface area contributed by atoms with Crippen molar-refractivity contribution in [3.8, 4) is 0 Å². The van der Waals surface area contributed by atoms with Crippen molar-refractivity contribution in [2.45, 2.75) is 83.7 Å². The number of carboxylic acid groups (broad SMARTS) is 2. The molecule has 1 spiro atoms. The van der Waals surface area contributed by atoms with E-state index < -0.39 is 24.3 Å². The first-order chi connectivity index (χ1) is 20.9. The standard InChI is InChI=1S/C24H39N5O2.2C2HF3O2/c1-19-16-20(2)27-23(26-19)29-14-9-24(10-15-29)8-6-21(31-18-24)17-25-22(30)7-13-28-11-4-3-5-12-28;2*3-2(4,5)1(6)7/h16,21H,3-15,17-18H2,1-2H3,(H,25,30);2*(H,6,7). The van der Waals surface area contributed by atoms with Gasteiger partial charge in [-0.3, -0.25) is 4.79 Å². The predicted molar refractivity (Wildman–Crippen MR) is 150 cm³/mol. The number of ether oxygens (including phenoxy) is 1. The van der Waals surface area contributed by atoms with E-state index in [1.165, 1.54) is 25.7 Å². The van der Waals surface area contributed by atoms with Crippen LogP contribution in [0.1, 0.15) is 62.8 Å². The van der Waals surface area contributed by atoms with E-state index in [0.29, 0.717) is 13.0 Å². The van der Waals surface area contributed by atoms with Crippen molar-refractivity contribution in [2.75, 3.05) is 50.8 Å². The van der Waals surface area contributed by atoms with Crippen molar-refractivity contribution in [1.82, 2.24) is 20.2 Å². The average Bonchev–Trinajstić information content (AvgIpc) is 2.96. The van der Waals surface area contributed by atoms with Crippen LogP contribution in [-0.4, -0.2) is 107 Å². The number of alkyl halides is 6. The number of anilines is 1. The fourth-order valence-electron chi connectivity index (χ4n) is 5.26. The van der Waals surface area contributed by atoms with Gasteiger partial charge in [-0.05, 0) is 76.9 Å². The Morgan fingerprint density at radius 1 is 0.911 bits per heavy atom. The number of aryl methyl sites for hydroxylation is 2. The molecule has 0 saturated carbocycles. The van der Waals surface area contributed by atoms with Gasteiger partial charge in [0.05, 0.1) is 12.7 Å². The zero-order valence-corrected chi connectivity index (χ0v) is 25.3. The van der Waals surface area contributed by atoms with Gasteiger partial charge in [0.25, 0.3) is 0 Å². The van der Waals surface area contributed by atoms with Crippen molar-refractivity contribution in [1.29, 1.82) is 0 Å². The number of amides is 1. The minimum absolute atomic E-state index is 0.158. The lowest BCUT2D eigenvalue weighted by molar-refractivity contribution is -0.193. The smallest absolute Gasteiger partial charge is 0.475 e. The number of carbonyl (C=O) groups is 3. The third-order valence-corrected chi connectivity index (χ3v) is 7.81. The van der Waals surface area contributed by atoms with Crippen LogP contribution in [0.25, 0.3) is 0 Å². The Hall–Kier alpha value is -3.21. The Kier molecular flexibility index (Phi) is 14.3. The molecule has 0 aromatic carbocycles. The summed E-state index contributed by atoms with van der Waals surface area (Å²) in [5.41, 5.74) is 2.35. The largest absolute Gasteiger partial charge is 0.490 e. The Bertz CT molecular complexity index is 1070. The molecule has 0 aliphatic carbocycles. The first-order valence-electron chi connectivity index (χ1n) is 14.7. The lowest BCUT2D eigenvalue weighted by atomic mass is 9.73. The normalized spacial score (nSPS) is 20.3. The third-order valence-electron chi connectivity index (χ3n) is 7.81. The number of likely N-dealkylation sites (tertiary alicyclic amines) is 1. The molecule has 4 heterocycles. The minimum Gasteiger partial charge on any atom is -0.475 e. The number of rotatable bonds is 6. The van der Waals surface area contributed by atoms with E-state index >= 15 is 0 Å². The topological polar surface area (TPSA) is 145 Å². The van der Waals surface area contributed by atoms with Gasteiger partial charge in [-0.15, -0.1) is 0 Å². The van der Waals surface area contributed by atoms with E-state index in [9.17, 15) is 31.1 Å². The summed E-state index contributed by atoms with van der Waals surface area (Å²) >= 11 is 0. The van der Waals surface area contributed by atoms with Gasteiger partial charge in [-0.2, -0.15) is 26.3 Å². The Balaban J connectivity index is 0.000000421. The summed E-state index contributed by atoms with van der Waals surface area (Å²) in [4.78, 5) is 44.0. The van der Waals surface area contributed by atoms with E-state index in [4.69, 9.17) is 24.5 Å². The maximum atomic E-state index is 12.2. The summed E-state index contributed by atoms with van der Waals surface area (Å²) in [6.45, 7) is 10.7. The van der Waals surface area contributed by atoms with Gasteiger partial charge in [0.1, 0.15) is 0 Å². The quantitative estimate of drug-likeness (QED) is 0.382. The molecule has 11 nitrogen and oxygen atoms in total. The van der Waals surface area contributed by atoms with Crippen LogP contribution in [0.3, 0.4) is 0 Å². The van der Waals surface area contributed by atoms with Gasteiger partial charge in [0.15, 0.2) is 0 Å². The molecule has 3 fully saturated rings. The van der Waals surface area contributed by atoms with Crippen molar-refractivity contribution in [3.63, 3.8) is 0 Å². The number of nitrogens with zero attached hydrogens (tertiary/aromatic N) is 4. The lowest BCUT2D eigenvalue weighted by Gasteiger charge is -2.45. The second-order valence-electron chi connectivity index (χ2n) is 11.5. The zero-order valence-electron chi connectivity index (χ0n) is 25.3. The molecule has 1 unspecified atom stereocenters. The Morgan fingerprint density at radius 2 is 1.42 bits per heavy atom. The van der Waals surface area contributed by atoms with Gasteiger partial charge in [-0.25, -0.2) is 19.6 Å². The molecule has 3 aliphatic rings. The Morgan fingerprint density at radius 3 is 1.87 bits per heavy atom. The number of hydrogen-bond acceptors (Lipinski definition) is 8. The predicted octanol–water partition coefficient (Wildman–Crippen LogP) is 4.12. The number of aliphatic carboxylic acids is 2. The molecule has 1 aromatic rings. The van der Waals surface area contributed by atoms with Crippen LogP contribution < -0.4 is 10.2 Å². The molecular weight excluding hydrogens is 616 g/mol. The zero-order chi connectivity index (χ0) is 33.8. The second-order valence-corrected chi connectivity index (χ2v) is 11.5. The molecule has 1 atom stereocenters. The first-order valence-corrected chi connectivity index (χ1v) is 14.7. The van der Waals surface area contributed by atoms with Crippen LogP contribution in [-0.2, 0) is 19.1 Å². The van der Waals surface area contributed by atoms with Crippen molar-refractivity contribution in [2.24, 2.45) is 5.41 Å². The van der Waals surface area contributed by atoms with Crippen molar-refractivity contribution < 1.29 is 55.7 Å². The summed E-state index contributed by atoms with van der Waals surface area (Å²) in [7, 11) is 0. The van der Waals surface area contributed by atoms with E-state index in [-0.39, 0.29) is 17.4 Å². The van der Waals surface area contributed by atoms with Crippen LogP contribution >= 0.6 is 0 Å². The SMILES string of the molecule is Cc1cc(C)nc(N2CCC3(CCC(CNC(=O)CCN4CCCCC4)OC3)CC2)n1.O=C(O)C(F)(F)F.O=C(O)C(F)(F)F. The van der Waals surface area contributed by atoms with E-state index in [1.54, 1.807) is 0 Å². The van der Waals surface area contributed by atoms with Gasteiger partial charge >= 0.3 is 24.3 Å². The van der Waals surface area contributed by atoms with Gasteiger partial charge in [0, 0.05) is 44.0 Å². The van der Waals surface area contributed by atoms with Crippen LogP contribution in [0.5, 0.6) is 0 Å². The molecule has 3 N–H and O–H groups in total. The number of hydrogen-bond donors (Lipinski definition) is 3. The molecule has 1 amide bonds.